The van der Waals surface area contributed by atoms with Crippen molar-refractivity contribution in [3.05, 3.63) is 29.8 Å². The number of anilines is 1. The number of carboxylic acids is 1. The van der Waals surface area contributed by atoms with E-state index in [1.165, 1.54) is 0 Å². The fraction of sp³-hybridized carbons (Fsp3) is 0.533. The van der Waals surface area contributed by atoms with Crippen LogP contribution in [0.5, 0.6) is 0 Å². The van der Waals surface area contributed by atoms with Crippen LogP contribution in [0.4, 0.5) is 5.69 Å². The van der Waals surface area contributed by atoms with Crippen molar-refractivity contribution < 1.29 is 14.6 Å². The van der Waals surface area contributed by atoms with Gasteiger partial charge in [-0.1, -0.05) is 31.9 Å². The molecule has 106 valence electrons. The maximum atomic E-state index is 11.0. The SMILES string of the molecule is CCCCC(OCc1ccc(N(C)C)cc1)C(=O)O. The van der Waals surface area contributed by atoms with Crippen molar-refractivity contribution in [1.82, 2.24) is 0 Å². The van der Waals surface area contributed by atoms with Crippen LogP contribution in [0.2, 0.25) is 0 Å². The average molecular weight is 265 g/mol. The van der Waals surface area contributed by atoms with E-state index in [1.807, 2.05) is 50.2 Å². The summed E-state index contributed by atoms with van der Waals surface area (Å²) < 4.78 is 5.48. The number of hydrogen-bond acceptors (Lipinski definition) is 3. The summed E-state index contributed by atoms with van der Waals surface area (Å²) in [6, 6.07) is 7.93. The van der Waals surface area contributed by atoms with Crippen LogP contribution in [0.15, 0.2) is 24.3 Å². The average Bonchev–Trinajstić information content (AvgIpc) is 2.39. The minimum absolute atomic E-state index is 0.342. The van der Waals surface area contributed by atoms with E-state index in [0.29, 0.717) is 13.0 Å². The molecule has 0 heterocycles. The van der Waals surface area contributed by atoms with Gasteiger partial charge in [-0.05, 0) is 24.1 Å². The van der Waals surface area contributed by atoms with Gasteiger partial charge in [0.25, 0.3) is 0 Å². The molecule has 19 heavy (non-hydrogen) atoms. The second-order valence-corrected chi connectivity index (χ2v) is 4.84. The van der Waals surface area contributed by atoms with Gasteiger partial charge in [-0.25, -0.2) is 4.79 Å². The van der Waals surface area contributed by atoms with Crippen molar-refractivity contribution >= 4 is 11.7 Å². The highest BCUT2D eigenvalue weighted by Crippen LogP contribution is 2.14. The Morgan fingerprint density at radius 1 is 1.32 bits per heavy atom. The molecule has 0 radical (unpaired) electrons. The third-order valence-electron chi connectivity index (χ3n) is 3.00. The van der Waals surface area contributed by atoms with E-state index in [-0.39, 0.29) is 0 Å². The summed E-state index contributed by atoms with van der Waals surface area (Å²) in [6.07, 6.45) is 1.72. The first-order chi connectivity index (χ1) is 9.04. The highest BCUT2D eigenvalue weighted by atomic mass is 16.5. The van der Waals surface area contributed by atoms with Crippen LogP contribution in [0.3, 0.4) is 0 Å². The normalized spacial score (nSPS) is 12.2. The number of ether oxygens (including phenoxy) is 1. The Bertz CT molecular complexity index is 387. The predicted molar refractivity (Wildman–Crippen MR) is 76.5 cm³/mol. The molecular formula is C15H23NO3. The Kier molecular flexibility index (Phi) is 6.36. The third-order valence-corrected chi connectivity index (χ3v) is 3.00. The van der Waals surface area contributed by atoms with Gasteiger partial charge in [0.2, 0.25) is 0 Å². The largest absolute Gasteiger partial charge is 0.479 e. The molecule has 1 aromatic carbocycles. The zero-order chi connectivity index (χ0) is 14.3. The Morgan fingerprint density at radius 3 is 2.42 bits per heavy atom. The van der Waals surface area contributed by atoms with Gasteiger partial charge in [0.05, 0.1) is 6.61 Å². The second-order valence-electron chi connectivity index (χ2n) is 4.84. The van der Waals surface area contributed by atoms with Gasteiger partial charge in [0, 0.05) is 19.8 Å². The zero-order valence-corrected chi connectivity index (χ0v) is 11.9. The Labute approximate surface area is 115 Å². The van der Waals surface area contributed by atoms with Gasteiger partial charge in [0.1, 0.15) is 0 Å². The number of carboxylic acid groups (broad SMARTS) is 1. The Morgan fingerprint density at radius 2 is 1.95 bits per heavy atom. The molecule has 1 N–H and O–H groups in total. The highest BCUT2D eigenvalue weighted by Gasteiger charge is 2.17. The lowest BCUT2D eigenvalue weighted by Crippen LogP contribution is -2.23. The molecule has 0 spiro atoms. The number of aliphatic carboxylic acids is 1. The predicted octanol–water partition coefficient (Wildman–Crippen LogP) is 2.91. The molecule has 0 aromatic heterocycles. The number of hydrogen-bond donors (Lipinski definition) is 1. The lowest BCUT2D eigenvalue weighted by atomic mass is 10.1. The quantitative estimate of drug-likeness (QED) is 0.785. The van der Waals surface area contributed by atoms with Crippen molar-refractivity contribution in [2.24, 2.45) is 0 Å². The number of carbonyl (C=O) groups is 1. The summed E-state index contributed by atoms with van der Waals surface area (Å²) >= 11 is 0. The van der Waals surface area contributed by atoms with E-state index in [9.17, 15) is 4.79 Å². The molecule has 0 aliphatic carbocycles. The summed E-state index contributed by atoms with van der Waals surface area (Å²) in [4.78, 5) is 13.1. The molecule has 1 atom stereocenters. The van der Waals surface area contributed by atoms with E-state index in [0.717, 1.165) is 24.1 Å². The first kappa shape index (κ1) is 15.5. The molecule has 0 aliphatic rings. The first-order valence-electron chi connectivity index (χ1n) is 6.65. The van der Waals surface area contributed by atoms with Crippen molar-refractivity contribution in [2.75, 3.05) is 19.0 Å². The lowest BCUT2D eigenvalue weighted by Gasteiger charge is -2.15. The fourth-order valence-corrected chi connectivity index (χ4v) is 1.75. The van der Waals surface area contributed by atoms with Crippen LogP contribution in [0.1, 0.15) is 31.7 Å². The second kappa shape index (κ2) is 7.79. The monoisotopic (exact) mass is 265 g/mol. The maximum absolute atomic E-state index is 11.0. The van der Waals surface area contributed by atoms with E-state index in [2.05, 4.69) is 0 Å². The van der Waals surface area contributed by atoms with Gasteiger partial charge < -0.3 is 14.7 Å². The summed E-state index contributed by atoms with van der Waals surface area (Å²) in [5.41, 5.74) is 2.11. The fourth-order valence-electron chi connectivity index (χ4n) is 1.75. The van der Waals surface area contributed by atoms with Crippen LogP contribution in [-0.4, -0.2) is 31.3 Å². The molecule has 0 aliphatic heterocycles. The standard InChI is InChI=1S/C15H23NO3/c1-4-5-6-14(15(17)18)19-11-12-7-9-13(10-8-12)16(2)3/h7-10,14H,4-6,11H2,1-3H3,(H,17,18). The molecule has 4 nitrogen and oxygen atoms in total. The molecule has 1 aromatic rings. The van der Waals surface area contributed by atoms with E-state index < -0.39 is 12.1 Å². The minimum atomic E-state index is -0.877. The topological polar surface area (TPSA) is 49.8 Å². The smallest absolute Gasteiger partial charge is 0.332 e. The molecule has 4 heteroatoms. The van der Waals surface area contributed by atoms with Gasteiger partial charge in [-0.15, -0.1) is 0 Å². The Balaban J connectivity index is 2.51. The number of nitrogens with zero attached hydrogens (tertiary/aromatic N) is 1. The van der Waals surface area contributed by atoms with E-state index >= 15 is 0 Å². The summed E-state index contributed by atoms with van der Waals surface area (Å²) in [5, 5.41) is 9.06. The van der Waals surface area contributed by atoms with Crippen molar-refractivity contribution in [3.63, 3.8) is 0 Å². The zero-order valence-electron chi connectivity index (χ0n) is 11.9. The third kappa shape index (κ3) is 5.30. The van der Waals surface area contributed by atoms with Crippen molar-refractivity contribution in [2.45, 2.75) is 38.9 Å². The molecule has 0 saturated heterocycles. The molecular weight excluding hydrogens is 242 g/mol. The molecule has 0 bridgehead atoms. The van der Waals surface area contributed by atoms with Crippen LogP contribution in [0.25, 0.3) is 0 Å². The molecule has 1 rings (SSSR count). The van der Waals surface area contributed by atoms with Gasteiger partial charge in [-0.3, -0.25) is 0 Å². The van der Waals surface area contributed by atoms with Crippen LogP contribution in [-0.2, 0) is 16.1 Å². The van der Waals surface area contributed by atoms with Gasteiger partial charge in [-0.2, -0.15) is 0 Å². The number of rotatable bonds is 8. The lowest BCUT2D eigenvalue weighted by molar-refractivity contribution is -0.151. The Hall–Kier alpha value is -1.55. The first-order valence-corrected chi connectivity index (χ1v) is 6.65. The summed E-state index contributed by atoms with van der Waals surface area (Å²) in [5.74, 6) is -0.877. The van der Waals surface area contributed by atoms with Crippen LogP contribution in [0, 0.1) is 0 Å². The number of unbranched alkanes of at least 4 members (excludes halogenated alkanes) is 1. The van der Waals surface area contributed by atoms with Crippen LogP contribution < -0.4 is 4.90 Å². The van der Waals surface area contributed by atoms with E-state index in [1.54, 1.807) is 0 Å². The van der Waals surface area contributed by atoms with Crippen LogP contribution >= 0.6 is 0 Å². The van der Waals surface area contributed by atoms with E-state index in [4.69, 9.17) is 9.84 Å². The molecule has 0 amide bonds. The van der Waals surface area contributed by atoms with Gasteiger partial charge >= 0.3 is 5.97 Å². The summed E-state index contributed by atoms with van der Waals surface area (Å²) in [7, 11) is 3.97. The number of benzene rings is 1. The molecule has 1 unspecified atom stereocenters. The molecule has 0 fully saturated rings. The summed E-state index contributed by atoms with van der Waals surface area (Å²) in [6.45, 7) is 2.38. The maximum Gasteiger partial charge on any atom is 0.332 e. The van der Waals surface area contributed by atoms with Crippen molar-refractivity contribution in [1.29, 1.82) is 0 Å². The molecule has 0 saturated carbocycles. The minimum Gasteiger partial charge on any atom is -0.479 e. The highest BCUT2D eigenvalue weighted by molar-refractivity contribution is 5.72. The van der Waals surface area contributed by atoms with Crippen molar-refractivity contribution in [3.8, 4) is 0 Å². The van der Waals surface area contributed by atoms with Gasteiger partial charge in [0.15, 0.2) is 6.10 Å².